The van der Waals surface area contributed by atoms with Crippen LogP contribution in [0.3, 0.4) is 0 Å². The van der Waals surface area contributed by atoms with Gasteiger partial charge in [-0.2, -0.15) is 0 Å². The summed E-state index contributed by atoms with van der Waals surface area (Å²) in [4.78, 5) is 11.9. The van der Waals surface area contributed by atoms with Crippen molar-refractivity contribution in [2.75, 3.05) is 26.9 Å². The van der Waals surface area contributed by atoms with Crippen LogP contribution in [0.1, 0.15) is 0 Å². The fourth-order valence-corrected chi connectivity index (χ4v) is 0.918. The minimum atomic E-state index is -0.189. The Morgan fingerprint density at radius 3 is 3.10 bits per heavy atom. The van der Waals surface area contributed by atoms with Crippen molar-refractivity contribution in [1.82, 2.24) is 4.90 Å². The topological polar surface area (TPSA) is 38.8 Å². The summed E-state index contributed by atoms with van der Waals surface area (Å²) in [6.07, 6.45) is 0.600. The van der Waals surface area contributed by atoms with Gasteiger partial charge in [-0.05, 0) is 0 Å². The molecular formula is C6H11NO3. The summed E-state index contributed by atoms with van der Waals surface area (Å²) < 4.78 is 10.0. The highest BCUT2D eigenvalue weighted by Gasteiger charge is 2.19. The predicted octanol–water partition coefficient (Wildman–Crippen LogP) is -0.552. The van der Waals surface area contributed by atoms with Crippen molar-refractivity contribution in [1.29, 1.82) is 0 Å². The molecule has 1 saturated heterocycles. The Bertz CT molecular complexity index is 118. The largest absolute Gasteiger partial charge is 0.375 e. The summed E-state index contributed by atoms with van der Waals surface area (Å²) in [6.45, 7) is 1.72. The van der Waals surface area contributed by atoms with E-state index in [9.17, 15) is 4.79 Å². The number of amides is 1. The van der Waals surface area contributed by atoms with Gasteiger partial charge in [-0.15, -0.1) is 0 Å². The van der Waals surface area contributed by atoms with E-state index < -0.39 is 0 Å². The van der Waals surface area contributed by atoms with Crippen molar-refractivity contribution >= 4 is 6.41 Å². The molecule has 1 rings (SSSR count). The van der Waals surface area contributed by atoms with E-state index in [4.69, 9.17) is 9.47 Å². The molecule has 0 aromatic heterocycles. The fourth-order valence-electron chi connectivity index (χ4n) is 0.918. The van der Waals surface area contributed by atoms with E-state index in [1.165, 1.54) is 0 Å². The zero-order chi connectivity index (χ0) is 7.40. The molecule has 0 aromatic carbocycles. The molecule has 58 valence electrons. The van der Waals surface area contributed by atoms with Crippen LogP contribution < -0.4 is 0 Å². The third-order valence-electron chi connectivity index (χ3n) is 1.53. The molecule has 0 bridgehead atoms. The molecule has 0 radical (unpaired) electrons. The van der Waals surface area contributed by atoms with Gasteiger partial charge in [-0.25, -0.2) is 0 Å². The average molecular weight is 145 g/mol. The molecule has 0 saturated carbocycles. The van der Waals surface area contributed by atoms with Crippen LogP contribution in [0.2, 0.25) is 0 Å². The number of ether oxygens (including phenoxy) is 2. The summed E-state index contributed by atoms with van der Waals surface area (Å²) in [5.74, 6) is 0. The van der Waals surface area contributed by atoms with Crippen molar-refractivity contribution in [3.8, 4) is 0 Å². The third kappa shape index (κ3) is 1.46. The first-order chi connectivity index (χ1) is 4.88. The molecule has 1 atom stereocenters. The molecule has 1 fully saturated rings. The molecule has 10 heavy (non-hydrogen) atoms. The highest BCUT2D eigenvalue weighted by molar-refractivity contribution is 5.47. The lowest BCUT2D eigenvalue weighted by molar-refractivity contribution is -0.150. The number of carbonyl (C=O) groups is 1. The lowest BCUT2D eigenvalue weighted by Gasteiger charge is -2.30. The van der Waals surface area contributed by atoms with Crippen molar-refractivity contribution in [2.24, 2.45) is 0 Å². The summed E-state index contributed by atoms with van der Waals surface area (Å²) in [5.41, 5.74) is 0. The van der Waals surface area contributed by atoms with Crippen LogP contribution in [0.15, 0.2) is 0 Å². The number of morpholine rings is 1. The van der Waals surface area contributed by atoms with Gasteiger partial charge in [0.05, 0.1) is 13.2 Å². The molecule has 0 spiro atoms. The smallest absolute Gasteiger partial charge is 0.211 e. The van der Waals surface area contributed by atoms with Crippen LogP contribution in [0.4, 0.5) is 0 Å². The number of hydrogen-bond acceptors (Lipinski definition) is 3. The van der Waals surface area contributed by atoms with Crippen LogP contribution in [-0.4, -0.2) is 44.4 Å². The van der Waals surface area contributed by atoms with Gasteiger partial charge in [0.25, 0.3) is 0 Å². The second-order valence-corrected chi connectivity index (χ2v) is 2.11. The van der Waals surface area contributed by atoms with E-state index in [-0.39, 0.29) is 6.23 Å². The monoisotopic (exact) mass is 145 g/mol. The maximum Gasteiger partial charge on any atom is 0.211 e. The Balaban J connectivity index is 2.41. The Hall–Kier alpha value is -0.610. The molecule has 4 nitrogen and oxygen atoms in total. The maximum absolute atomic E-state index is 10.3. The lowest BCUT2D eigenvalue weighted by atomic mass is 10.4. The molecule has 0 aromatic rings. The molecule has 1 aliphatic heterocycles. The first-order valence-corrected chi connectivity index (χ1v) is 3.20. The second kappa shape index (κ2) is 3.53. The number of methoxy groups -OCH3 is 1. The molecule has 1 amide bonds. The van der Waals surface area contributed by atoms with Gasteiger partial charge in [0.15, 0.2) is 6.23 Å². The fraction of sp³-hybridized carbons (Fsp3) is 0.833. The van der Waals surface area contributed by atoms with Gasteiger partial charge in [0.1, 0.15) is 0 Å². The summed E-state index contributed by atoms with van der Waals surface area (Å²) in [5, 5.41) is 0. The Morgan fingerprint density at radius 1 is 1.80 bits per heavy atom. The van der Waals surface area contributed by atoms with Crippen LogP contribution >= 0.6 is 0 Å². The first-order valence-electron chi connectivity index (χ1n) is 3.20. The zero-order valence-corrected chi connectivity index (χ0v) is 5.95. The maximum atomic E-state index is 10.3. The number of rotatable bonds is 2. The summed E-state index contributed by atoms with van der Waals surface area (Å²) in [7, 11) is 1.57. The molecular weight excluding hydrogens is 134 g/mol. The molecule has 1 heterocycles. The summed E-state index contributed by atoms with van der Waals surface area (Å²) in [6, 6.07) is 0. The number of nitrogens with zero attached hydrogens (tertiary/aromatic N) is 1. The van der Waals surface area contributed by atoms with Gasteiger partial charge in [-0.3, -0.25) is 4.79 Å². The van der Waals surface area contributed by atoms with Crippen molar-refractivity contribution in [2.45, 2.75) is 6.23 Å². The van der Waals surface area contributed by atoms with Crippen LogP contribution in [-0.2, 0) is 14.3 Å². The predicted molar refractivity (Wildman–Crippen MR) is 34.4 cm³/mol. The van der Waals surface area contributed by atoms with Gasteiger partial charge in [0, 0.05) is 13.7 Å². The highest BCUT2D eigenvalue weighted by Crippen LogP contribution is 2.03. The van der Waals surface area contributed by atoms with Crippen LogP contribution in [0.5, 0.6) is 0 Å². The van der Waals surface area contributed by atoms with Crippen molar-refractivity contribution in [3.05, 3.63) is 0 Å². The minimum Gasteiger partial charge on any atom is -0.375 e. The normalized spacial score (nSPS) is 26.5. The third-order valence-corrected chi connectivity index (χ3v) is 1.53. The second-order valence-electron chi connectivity index (χ2n) is 2.11. The quantitative estimate of drug-likeness (QED) is 0.489. The Morgan fingerprint density at radius 2 is 2.60 bits per heavy atom. The van der Waals surface area contributed by atoms with Crippen molar-refractivity contribution < 1.29 is 14.3 Å². The SMILES string of the molecule is CO[C@H]1COCCN1C=O. The summed E-state index contributed by atoms with van der Waals surface area (Å²) >= 11 is 0. The molecule has 1 aliphatic rings. The van der Waals surface area contributed by atoms with Gasteiger partial charge >= 0.3 is 0 Å². The molecule has 0 aliphatic carbocycles. The molecule has 4 heteroatoms. The van der Waals surface area contributed by atoms with E-state index in [0.717, 1.165) is 6.41 Å². The van der Waals surface area contributed by atoms with E-state index >= 15 is 0 Å². The molecule has 0 unspecified atom stereocenters. The highest BCUT2D eigenvalue weighted by atomic mass is 16.5. The first kappa shape index (κ1) is 7.50. The van der Waals surface area contributed by atoms with Crippen LogP contribution in [0.25, 0.3) is 0 Å². The van der Waals surface area contributed by atoms with Gasteiger partial charge in [-0.1, -0.05) is 0 Å². The standard InChI is InChI=1S/C6H11NO3/c1-9-6-4-10-3-2-7(6)5-8/h5-6H,2-4H2,1H3/t6-/m0/s1. The average Bonchev–Trinajstić information content (AvgIpc) is 2.04. The van der Waals surface area contributed by atoms with E-state index in [1.807, 2.05) is 0 Å². The number of hydrogen-bond donors (Lipinski definition) is 0. The van der Waals surface area contributed by atoms with Crippen LogP contribution in [0, 0.1) is 0 Å². The Labute approximate surface area is 59.7 Å². The van der Waals surface area contributed by atoms with Gasteiger partial charge in [0.2, 0.25) is 6.41 Å². The Kier molecular flexibility index (Phi) is 2.65. The number of carbonyl (C=O) groups excluding carboxylic acids is 1. The van der Waals surface area contributed by atoms with Gasteiger partial charge < -0.3 is 14.4 Å². The minimum absolute atomic E-state index is 0.189. The molecule has 0 N–H and O–H groups in total. The van der Waals surface area contributed by atoms with E-state index in [2.05, 4.69) is 0 Å². The lowest BCUT2D eigenvalue weighted by Crippen LogP contribution is -2.45. The zero-order valence-electron chi connectivity index (χ0n) is 5.95. The van der Waals surface area contributed by atoms with E-state index in [1.54, 1.807) is 12.0 Å². The van der Waals surface area contributed by atoms with E-state index in [0.29, 0.717) is 19.8 Å². The van der Waals surface area contributed by atoms with Crippen molar-refractivity contribution in [3.63, 3.8) is 0 Å².